The van der Waals surface area contributed by atoms with Crippen molar-refractivity contribution in [2.45, 2.75) is 64.6 Å². The van der Waals surface area contributed by atoms with E-state index in [9.17, 15) is 10.2 Å². The highest BCUT2D eigenvalue weighted by Crippen LogP contribution is 2.24. The van der Waals surface area contributed by atoms with Gasteiger partial charge in [-0.2, -0.15) is 0 Å². The van der Waals surface area contributed by atoms with Gasteiger partial charge in [-0.15, -0.1) is 0 Å². The van der Waals surface area contributed by atoms with Gasteiger partial charge < -0.3 is 10.2 Å². The highest BCUT2D eigenvalue weighted by Gasteiger charge is 2.04. The zero-order chi connectivity index (χ0) is 12.2. The molecule has 98 valence electrons. The molecule has 0 aromatic rings. The zero-order valence-corrected chi connectivity index (χ0v) is 12.2. The Morgan fingerprint density at radius 1 is 0.750 bits per heavy atom. The first kappa shape index (κ1) is 16.6. The molecular formula is C12H26O2S2. The Bertz CT molecular complexity index is 129. The predicted octanol–water partition coefficient (Wildman–Crippen LogP) is 3.47. The summed E-state index contributed by atoms with van der Waals surface area (Å²) in [6.45, 7) is 4.19. The summed E-state index contributed by atoms with van der Waals surface area (Å²) in [5.41, 5.74) is 0. The van der Waals surface area contributed by atoms with Crippen LogP contribution in [0, 0.1) is 0 Å². The van der Waals surface area contributed by atoms with Crippen LogP contribution in [0.4, 0.5) is 0 Å². The fourth-order valence-electron chi connectivity index (χ4n) is 1.44. The summed E-state index contributed by atoms with van der Waals surface area (Å²) in [4.78, 5) is 0. The molecule has 0 amide bonds. The van der Waals surface area contributed by atoms with E-state index in [0.29, 0.717) is 0 Å². The van der Waals surface area contributed by atoms with Crippen molar-refractivity contribution in [1.82, 2.24) is 0 Å². The Balaban J connectivity index is 3.15. The number of rotatable bonds is 11. The second kappa shape index (κ2) is 12.1. The lowest BCUT2D eigenvalue weighted by atomic mass is 10.2. The Labute approximate surface area is 108 Å². The third-order valence-electron chi connectivity index (χ3n) is 2.40. The number of aliphatic hydroxyl groups excluding tert-OH is 2. The van der Waals surface area contributed by atoms with Crippen molar-refractivity contribution < 1.29 is 10.2 Å². The first-order valence-corrected chi connectivity index (χ1v) is 8.80. The summed E-state index contributed by atoms with van der Waals surface area (Å²) in [5, 5.41) is 19.0. The quantitative estimate of drug-likeness (QED) is 0.444. The van der Waals surface area contributed by atoms with E-state index in [2.05, 4.69) is 13.8 Å². The molecule has 2 atom stereocenters. The fourth-order valence-corrected chi connectivity index (χ4v) is 3.70. The predicted molar refractivity (Wildman–Crippen MR) is 76.0 cm³/mol. The molecule has 0 aliphatic carbocycles. The SMILES string of the molecule is CCCC(O)CCSSCCC(O)CCC. The topological polar surface area (TPSA) is 40.5 Å². The lowest BCUT2D eigenvalue weighted by Crippen LogP contribution is -2.07. The maximum atomic E-state index is 9.50. The normalized spacial score (nSPS) is 15.0. The van der Waals surface area contributed by atoms with Crippen LogP contribution in [0.15, 0.2) is 0 Å². The molecule has 0 aromatic heterocycles. The summed E-state index contributed by atoms with van der Waals surface area (Å²) in [6.07, 6.45) is 5.49. The van der Waals surface area contributed by atoms with E-state index in [0.717, 1.165) is 50.0 Å². The van der Waals surface area contributed by atoms with Gasteiger partial charge in [-0.3, -0.25) is 0 Å². The number of hydrogen-bond acceptors (Lipinski definition) is 4. The van der Waals surface area contributed by atoms with Gasteiger partial charge in [-0.1, -0.05) is 48.3 Å². The number of hydrogen-bond donors (Lipinski definition) is 2. The molecule has 0 aromatic carbocycles. The molecule has 0 heterocycles. The second-order valence-electron chi connectivity index (χ2n) is 4.11. The fraction of sp³-hybridized carbons (Fsp3) is 1.00. The van der Waals surface area contributed by atoms with Crippen LogP contribution in [0.2, 0.25) is 0 Å². The van der Waals surface area contributed by atoms with Crippen LogP contribution in [0.25, 0.3) is 0 Å². The van der Waals surface area contributed by atoms with Gasteiger partial charge in [0.25, 0.3) is 0 Å². The summed E-state index contributed by atoms with van der Waals surface area (Å²) in [5.74, 6) is 2.02. The molecule has 2 unspecified atom stereocenters. The van der Waals surface area contributed by atoms with Gasteiger partial charge in [0.1, 0.15) is 0 Å². The smallest absolute Gasteiger partial charge is 0.0548 e. The molecule has 0 aliphatic rings. The van der Waals surface area contributed by atoms with Crippen molar-refractivity contribution in [3.63, 3.8) is 0 Å². The van der Waals surface area contributed by atoms with Crippen LogP contribution in [0.5, 0.6) is 0 Å². The van der Waals surface area contributed by atoms with E-state index in [1.54, 1.807) is 0 Å². The van der Waals surface area contributed by atoms with Gasteiger partial charge in [0.05, 0.1) is 12.2 Å². The van der Waals surface area contributed by atoms with Crippen molar-refractivity contribution >= 4 is 21.6 Å². The molecule has 0 spiro atoms. The summed E-state index contributed by atoms with van der Waals surface area (Å²) < 4.78 is 0. The zero-order valence-electron chi connectivity index (χ0n) is 10.5. The first-order chi connectivity index (χ1) is 7.70. The van der Waals surface area contributed by atoms with E-state index in [1.165, 1.54) is 0 Å². The minimum Gasteiger partial charge on any atom is -0.393 e. The van der Waals surface area contributed by atoms with Crippen molar-refractivity contribution in [2.75, 3.05) is 11.5 Å². The largest absolute Gasteiger partial charge is 0.393 e. The lowest BCUT2D eigenvalue weighted by molar-refractivity contribution is 0.160. The summed E-state index contributed by atoms with van der Waals surface area (Å²) in [6, 6.07) is 0. The molecule has 0 rings (SSSR count). The van der Waals surface area contributed by atoms with Crippen molar-refractivity contribution in [3.05, 3.63) is 0 Å². The van der Waals surface area contributed by atoms with Crippen LogP contribution in [-0.4, -0.2) is 33.9 Å². The monoisotopic (exact) mass is 266 g/mol. The molecule has 2 N–H and O–H groups in total. The van der Waals surface area contributed by atoms with Crippen molar-refractivity contribution in [1.29, 1.82) is 0 Å². The molecule has 0 saturated heterocycles. The third kappa shape index (κ3) is 11.1. The molecule has 0 saturated carbocycles. The Morgan fingerprint density at radius 2 is 1.12 bits per heavy atom. The minimum absolute atomic E-state index is 0.121. The van der Waals surface area contributed by atoms with Gasteiger partial charge in [-0.05, 0) is 25.7 Å². The Kier molecular flexibility index (Phi) is 12.6. The van der Waals surface area contributed by atoms with E-state index in [1.807, 2.05) is 21.6 Å². The Hall–Kier alpha value is 0.620. The highest BCUT2D eigenvalue weighted by molar-refractivity contribution is 8.76. The molecule has 2 nitrogen and oxygen atoms in total. The lowest BCUT2D eigenvalue weighted by Gasteiger charge is -2.09. The van der Waals surface area contributed by atoms with Crippen molar-refractivity contribution in [2.24, 2.45) is 0 Å². The highest BCUT2D eigenvalue weighted by atomic mass is 33.1. The van der Waals surface area contributed by atoms with E-state index >= 15 is 0 Å². The van der Waals surface area contributed by atoms with Crippen LogP contribution in [-0.2, 0) is 0 Å². The molecule has 16 heavy (non-hydrogen) atoms. The van der Waals surface area contributed by atoms with Crippen LogP contribution in [0.1, 0.15) is 52.4 Å². The van der Waals surface area contributed by atoms with E-state index < -0.39 is 0 Å². The van der Waals surface area contributed by atoms with Gasteiger partial charge in [0.2, 0.25) is 0 Å². The third-order valence-corrected chi connectivity index (χ3v) is 4.87. The summed E-state index contributed by atoms with van der Waals surface area (Å²) in [7, 11) is 3.63. The van der Waals surface area contributed by atoms with Gasteiger partial charge in [0, 0.05) is 11.5 Å². The second-order valence-corrected chi connectivity index (χ2v) is 6.81. The average molecular weight is 266 g/mol. The average Bonchev–Trinajstić information content (AvgIpc) is 2.24. The number of aliphatic hydroxyl groups is 2. The van der Waals surface area contributed by atoms with Crippen LogP contribution < -0.4 is 0 Å². The van der Waals surface area contributed by atoms with Crippen molar-refractivity contribution in [3.8, 4) is 0 Å². The standard InChI is InChI=1S/C12H26O2S2/c1-3-5-11(13)7-9-15-16-10-8-12(14)6-4-2/h11-14H,3-10H2,1-2H3. The summed E-state index contributed by atoms with van der Waals surface area (Å²) >= 11 is 0. The van der Waals surface area contributed by atoms with Crippen LogP contribution in [0.3, 0.4) is 0 Å². The Morgan fingerprint density at radius 3 is 1.44 bits per heavy atom. The molecular weight excluding hydrogens is 240 g/mol. The molecule has 0 fully saturated rings. The van der Waals surface area contributed by atoms with Crippen LogP contribution >= 0.6 is 21.6 Å². The van der Waals surface area contributed by atoms with Gasteiger partial charge >= 0.3 is 0 Å². The molecule has 0 aliphatic heterocycles. The molecule has 4 heteroatoms. The first-order valence-electron chi connectivity index (χ1n) is 6.31. The molecule has 0 bridgehead atoms. The minimum atomic E-state index is -0.121. The van der Waals surface area contributed by atoms with Gasteiger partial charge in [0.15, 0.2) is 0 Å². The van der Waals surface area contributed by atoms with Gasteiger partial charge in [-0.25, -0.2) is 0 Å². The molecule has 0 radical (unpaired) electrons. The maximum absolute atomic E-state index is 9.50. The maximum Gasteiger partial charge on any atom is 0.0548 e. The van der Waals surface area contributed by atoms with E-state index in [4.69, 9.17) is 0 Å². The van der Waals surface area contributed by atoms with E-state index in [-0.39, 0.29) is 12.2 Å².